The van der Waals surface area contributed by atoms with Gasteiger partial charge in [0.15, 0.2) is 5.82 Å². The third-order valence-corrected chi connectivity index (χ3v) is 7.69. The fourth-order valence-corrected chi connectivity index (χ4v) is 5.41. The summed E-state index contributed by atoms with van der Waals surface area (Å²) < 4.78 is 5.74. The molecule has 4 rings (SSSR count). The van der Waals surface area contributed by atoms with Crippen LogP contribution >= 0.6 is 0 Å². The van der Waals surface area contributed by atoms with E-state index < -0.39 is 0 Å². The van der Waals surface area contributed by atoms with Crippen molar-refractivity contribution in [1.29, 1.82) is 0 Å². The molecule has 0 radical (unpaired) electrons. The molecule has 2 aliphatic rings. The third kappa shape index (κ3) is 5.26. The van der Waals surface area contributed by atoms with E-state index in [-0.39, 0.29) is 12.0 Å². The highest BCUT2D eigenvalue weighted by Crippen LogP contribution is 2.34. The number of allylic oxidation sites excluding steroid dienone is 1. The van der Waals surface area contributed by atoms with Crippen molar-refractivity contribution in [2.45, 2.75) is 60.1 Å². The standard InChI is InChI=1S/C29H42N6O/c1-18(2)23(30)15-26(31-6)34-13-11-24-22(17-34)29(35-14-12-25(36-7)21(5)16-35)33-28(32-24)27-19(3)9-8-10-20(27)4/h8-10,15,18,21,25H,11-14,16-17,30H2,1-7H3. The summed E-state index contributed by atoms with van der Waals surface area (Å²) in [5, 5.41) is 0. The van der Waals surface area contributed by atoms with E-state index in [4.69, 9.17) is 20.4 Å². The number of aromatic nitrogens is 2. The molecule has 2 unspecified atom stereocenters. The third-order valence-electron chi connectivity index (χ3n) is 7.69. The Morgan fingerprint density at radius 3 is 2.53 bits per heavy atom. The summed E-state index contributed by atoms with van der Waals surface area (Å²) in [6.45, 7) is 14.2. The van der Waals surface area contributed by atoms with Crippen LogP contribution in [0.5, 0.6) is 0 Å². The van der Waals surface area contributed by atoms with Crippen LogP contribution in [0.2, 0.25) is 0 Å². The molecule has 0 amide bonds. The lowest BCUT2D eigenvalue weighted by atomic mass is 9.95. The normalized spacial score (nSPS) is 21.2. The summed E-state index contributed by atoms with van der Waals surface area (Å²) in [6.07, 6.45) is 4.15. The van der Waals surface area contributed by atoms with E-state index in [0.29, 0.717) is 5.92 Å². The number of piperidine rings is 1. The first kappa shape index (κ1) is 26.1. The zero-order valence-electron chi connectivity index (χ0n) is 23.0. The molecule has 2 N–H and O–H groups in total. The lowest BCUT2D eigenvalue weighted by molar-refractivity contribution is 0.0443. The number of anilines is 1. The van der Waals surface area contributed by atoms with Gasteiger partial charge in [0.2, 0.25) is 0 Å². The van der Waals surface area contributed by atoms with Gasteiger partial charge in [0, 0.05) is 63.6 Å². The summed E-state index contributed by atoms with van der Waals surface area (Å²) >= 11 is 0. The first-order valence-electron chi connectivity index (χ1n) is 13.2. The Bertz CT molecular complexity index is 1130. The maximum absolute atomic E-state index is 6.30. The largest absolute Gasteiger partial charge is 0.402 e. The fraction of sp³-hybridized carbons (Fsp3) is 0.552. The van der Waals surface area contributed by atoms with Crippen molar-refractivity contribution in [3.8, 4) is 11.4 Å². The fourth-order valence-electron chi connectivity index (χ4n) is 5.41. The van der Waals surface area contributed by atoms with Gasteiger partial charge in [-0.2, -0.15) is 0 Å². The Morgan fingerprint density at radius 1 is 1.19 bits per heavy atom. The highest BCUT2D eigenvalue weighted by Gasteiger charge is 2.32. The Hall–Kier alpha value is -2.93. The molecule has 2 atom stereocenters. The molecule has 194 valence electrons. The van der Waals surface area contributed by atoms with E-state index in [1.807, 2.05) is 20.2 Å². The van der Waals surface area contributed by atoms with Crippen LogP contribution < -0.4 is 10.6 Å². The van der Waals surface area contributed by atoms with Crippen LogP contribution in [0, 0.1) is 25.7 Å². The highest BCUT2D eigenvalue weighted by atomic mass is 16.5. The second-order valence-electron chi connectivity index (χ2n) is 10.6. The minimum absolute atomic E-state index is 0.279. The van der Waals surface area contributed by atoms with Crippen molar-refractivity contribution in [1.82, 2.24) is 14.9 Å². The van der Waals surface area contributed by atoms with E-state index in [9.17, 15) is 0 Å². The zero-order chi connectivity index (χ0) is 26.0. The Kier molecular flexibility index (Phi) is 7.98. The summed E-state index contributed by atoms with van der Waals surface area (Å²) in [7, 11) is 3.66. The van der Waals surface area contributed by atoms with Crippen LogP contribution in [-0.4, -0.2) is 60.6 Å². The Labute approximate surface area is 216 Å². The molecule has 2 aliphatic heterocycles. The van der Waals surface area contributed by atoms with Crippen molar-refractivity contribution >= 4 is 11.7 Å². The van der Waals surface area contributed by atoms with E-state index in [1.165, 1.54) is 16.7 Å². The molecule has 0 spiro atoms. The number of nitrogens with two attached hydrogens (primary N) is 1. The van der Waals surface area contributed by atoms with Gasteiger partial charge in [-0.15, -0.1) is 0 Å². The van der Waals surface area contributed by atoms with Gasteiger partial charge < -0.3 is 20.3 Å². The van der Waals surface area contributed by atoms with Gasteiger partial charge >= 0.3 is 0 Å². The van der Waals surface area contributed by atoms with Gasteiger partial charge in [-0.05, 0) is 49.3 Å². The predicted octanol–water partition coefficient (Wildman–Crippen LogP) is 4.51. The predicted molar refractivity (Wildman–Crippen MR) is 148 cm³/mol. The number of methoxy groups -OCH3 is 1. The first-order chi connectivity index (χ1) is 17.2. The molecule has 36 heavy (non-hydrogen) atoms. The van der Waals surface area contributed by atoms with Crippen LogP contribution in [0.4, 0.5) is 5.82 Å². The number of benzene rings is 1. The molecule has 0 bridgehead atoms. The molecule has 7 nitrogen and oxygen atoms in total. The summed E-state index contributed by atoms with van der Waals surface area (Å²) in [5.74, 6) is 3.52. The van der Waals surface area contributed by atoms with Crippen LogP contribution in [0.15, 0.2) is 35.0 Å². The van der Waals surface area contributed by atoms with Gasteiger partial charge in [-0.3, -0.25) is 4.99 Å². The monoisotopic (exact) mass is 490 g/mol. The number of nitrogens with zero attached hydrogens (tertiary/aromatic N) is 5. The molecular weight excluding hydrogens is 448 g/mol. The van der Waals surface area contributed by atoms with E-state index in [1.54, 1.807) is 0 Å². The molecule has 1 fully saturated rings. The van der Waals surface area contributed by atoms with Gasteiger partial charge in [-0.25, -0.2) is 9.97 Å². The van der Waals surface area contributed by atoms with Gasteiger partial charge in [-0.1, -0.05) is 39.0 Å². The topological polar surface area (TPSA) is 79.9 Å². The molecule has 7 heteroatoms. The lowest BCUT2D eigenvalue weighted by Gasteiger charge is -2.39. The van der Waals surface area contributed by atoms with Crippen molar-refractivity contribution in [3.63, 3.8) is 0 Å². The van der Waals surface area contributed by atoms with Gasteiger partial charge in [0.05, 0.1) is 11.8 Å². The number of hydrogen-bond donors (Lipinski definition) is 1. The highest BCUT2D eigenvalue weighted by molar-refractivity contribution is 5.93. The number of fused-ring (bicyclic) bond motifs is 1. The lowest BCUT2D eigenvalue weighted by Crippen LogP contribution is -2.45. The molecule has 1 aromatic carbocycles. The van der Waals surface area contributed by atoms with Gasteiger partial charge in [0.25, 0.3) is 0 Å². The van der Waals surface area contributed by atoms with E-state index in [0.717, 1.165) is 73.5 Å². The van der Waals surface area contributed by atoms with Gasteiger partial charge in [0.1, 0.15) is 11.7 Å². The molecular formula is C29H42N6O. The van der Waals surface area contributed by atoms with Crippen molar-refractivity contribution < 1.29 is 4.74 Å². The van der Waals surface area contributed by atoms with Crippen LogP contribution in [0.1, 0.15) is 49.6 Å². The summed E-state index contributed by atoms with van der Waals surface area (Å²) in [5.41, 5.74) is 13.1. The van der Waals surface area contributed by atoms with E-state index >= 15 is 0 Å². The number of ether oxygens (including phenoxy) is 1. The molecule has 1 aromatic heterocycles. The molecule has 1 saturated heterocycles. The van der Waals surface area contributed by atoms with Crippen LogP contribution in [0.3, 0.4) is 0 Å². The first-order valence-corrected chi connectivity index (χ1v) is 13.2. The number of hydrogen-bond acceptors (Lipinski definition) is 6. The van der Waals surface area contributed by atoms with Crippen molar-refractivity contribution in [2.75, 3.05) is 38.7 Å². The number of aliphatic imine (C=N–C) groups is 1. The number of aryl methyl sites for hydroxylation is 2. The minimum atomic E-state index is 0.279. The molecule has 2 aromatic rings. The summed E-state index contributed by atoms with van der Waals surface area (Å²) in [4.78, 5) is 19.8. The van der Waals surface area contributed by atoms with Crippen LogP contribution in [0.25, 0.3) is 11.4 Å². The Morgan fingerprint density at radius 2 is 1.92 bits per heavy atom. The molecule has 0 aliphatic carbocycles. The van der Waals surface area contributed by atoms with Crippen molar-refractivity contribution in [3.05, 3.63) is 52.4 Å². The number of rotatable bonds is 5. The SMILES string of the molecule is CN=C(C=C(N)C(C)C)N1CCc2nc(-c3c(C)cccc3C)nc(N3CCC(OC)C(C)C3)c2C1. The average Bonchev–Trinajstić information content (AvgIpc) is 2.86. The quantitative estimate of drug-likeness (QED) is 0.491. The second kappa shape index (κ2) is 11.0. The maximum Gasteiger partial charge on any atom is 0.162 e. The second-order valence-corrected chi connectivity index (χ2v) is 10.6. The molecule has 0 saturated carbocycles. The zero-order valence-corrected chi connectivity index (χ0v) is 23.0. The average molecular weight is 491 g/mol. The van der Waals surface area contributed by atoms with E-state index in [2.05, 4.69) is 67.6 Å². The van der Waals surface area contributed by atoms with Crippen LogP contribution in [-0.2, 0) is 17.7 Å². The van der Waals surface area contributed by atoms with Crippen molar-refractivity contribution in [2.24, 2.45) is 22.6 Å². The summed E-state index contributed by atoms with van der Waals surface area (Å²) in [6, 6.07) is 6.40. The smallest absolute Gasteiger partial charge is 0.162 e. The Balaban J connectivity index is 1.78. The maximum atomic E-state index is 6.30. The number of amidine groups is 1. The minimum Gasteiger partial charge on any atom is -0.402 e. The molecule has 3 heterocycles.